The average molecular weight is 384 g/mol. The van der Waals surface area contributed by atoms with Gasteiger partial charge in [0.25, 0.3) is 0 Å². The van der Waals surface area contributed by atoms with Gasteiger partial charge in [0.1, 0.15) is 5.39 Å². The maximum Gasteiger partial charge on any atom is 0.337 e. The van der Waals surface area contributed by atoms with Crippen LogP contribution >= 0.6 is 0 Å². The Morgan fingerprint density at radius 2 is 1.66 bits per heavy atom. The lowest BCUT2D eigenvalue weighted by Crippen LogP contribution is -2.08. The molecule has 5 rings (SSSR count). The van der Waals surface area contributed by atoms with E-state index in [1.54, 1.807) is 35.4 Å². The van der Waals surface area contributed by atoms with Crippen LogP contribution in [-0.4, -0.2) is 31.5 Å². The van der Waals surface area contributed by atoms with Crippen LogP contribution in [0, 0.1) is 0 Å². The fourth-order valence-corrected chi connectivity index (χ4v) is 3.05. The first-order chi connectivity index (χ1) is 14.2. The molecule has 140 valence electrons. The molecule has 0 unspecified atom stereocenters. The van der Waals surface area contributed by atoms with Crippen molar-refractivity contribution in [3.8, 4) is 28.7 Å². The topological polar surface area (TPSA) is 96.2 Å². The molecule has 2 aromatic carbocycles. The van der Waals surface area contributed by atoms with Gasteiger partial charge in [-0.15, -0.1) is 0 Å². The smallest absolute Gasteiger partial charge is 0.337 e. The predicted octanol–water partition coefficient (Wildman–Crippen LogP) is 2.86. The highest BCUT2D eigenvalue weighted by Crippen LogP contribution is 2.39. The van der Waals surface area contributed by atoms with Gasteiger partial charge in [-0.3, -0.25) is 0 Å². The Bertz CT molecular complexity index is 1280. The predicted molar refractivity (Wildman–Crippen MR) is 103 cm³/mol. The molecule has 0 N–H and O–H groups in total. The minimum atomic E-state index is -0.734. The number of hydrogen-bond acceptors (Lipinski definition) is 7. The maximum absolute atomic E-state index is 12.2. The van der Waals surface area contributed by atoms with Gasteiger partial charge in [-0.2, -0.15) is 4.98 Å². The number of carbonyl (C=O) groups excluding carboxylic acids is 2. The summed E-state index contributed by atoms with van der Waals surface area (Å²) in [4.78, 5) is 37.4. The van der Waals surface area contributed by atoms with Crippen LogP contribution in [0.1, 0.15) is 0 Å². The highest BCUT2D eigenvalue weighted by atomic mass is 16.6. The first-order valence-corrected chi connectivity index (χ1v) is 8.69. The summed E-state index contributed by atoms with van der Waals surface area (Å²) in [5.41, 5.74) is 1.76. The average Bonchev–Trinajstić information content (AvgIpc) is 3.28. The van der Waals surface area contributed by atoms with E-state index in [1.807, 2.05) is 30.3 Å². The molecule has 29 heavy (non-hydrogen) atoms. The third kappa shape index (κ3) is 3.02. The number of imidazole rings is 1. The first-order valence-electron chi connectivity index (χ1n) is 8.69. The van der Waals surface area contributed by atoms with E-state index in [9.17, 15) is 9.59 Å². The molecule has 0 bridgehead atoms. The Morgan fingerprint density at radius 3 is 2.41 bits per heavy atom. The number of esters is 2. The molecule has 0 amide bonds. The van der Waals surface area contributed by atoms with E-state index < -0.39 is 11.9 Å². The van der Waals surface area contributed by atoms with Crippen LogP contribution < -0.4 is 9.47 Å². The summed E-state index contributed by atoms with van der Waals surface area (Å²) >= 11 is 0. The van der Waals surface area contributed by atoms with Crippen LogP contribution in [-0.2, 0) is 9.59 Å². The van der Waals surface area contributed by atoms with Crippen molar-refractivity contribution in [2.24, 2.45) is 0 Å². The lowest BCUT2D eigenvalue weighted by Gasteiger charge is -2.14. The summed E-state index contributed by atoms with van der Waals surface area (Å²) in [6.45, 7) is 0. The molecule has 0 aliphatic carbocycles. The Hall–Kier alpha value is -4.33. The fraction of sp³-hybridized carbons (Fsp3) is 0. The van der Waals surface area contributed by atoms with E-state index in [2.05, 4.69) is 15.0 Å². The second-order valence-corrected chi connectivity index (χ2v) is 6.17. The molecular weight excluding hydrogens is 372 g/mol. The first kappa shape index (κ1) is 16.8. The number of benzene rings is 2. The van der Waals surface area contributed by atoms with Gasteiger partial charge < -0.3 is 14.0 Å². The number of hydrogen-bond donors (Lipinski definition) is 0. The molecule has 0 saturated carbocycles. The second kappa shape index (κ2) is 6.68. The van der Waals surface area contributed by atoms with Gasteiger partial charge in [0.2, 0.25) is 5.88 Å². The molecule has 1 aliphatic rings. The largest absolute Gasteiger partial charge is 0.420 e. The third-order valence-corrected chi connectivity index (χ3v) is 4.33. The molecule has 0 fully saturated rings. The fourth-order valence-electron chi connectivity index (χ4n) is 3.05. The van der Waals surface area contributed by atoms with Crippen molar-refractivity contribution in [3.63, 3.8) is 0 Å². The summed E-state index contributed by atoms with van der Waals surface area (Å²) in [5.74, 6) is -0.871. The minimum absolute atomic E-state index is 0.00942. The van der Waals surface area contributed by atoms with Crippen molar-refractivity contribution >= 4 is 22.8 Å². The highest BCUT2D eigenvalue weighted by Gasteiger charge is 2.23. The quantitative estimate of drug-likeness (QED) is 0.387. The van der Waals surface area contributed by atoms with Crippen LogP contribution in [0.2, 0.25) is 0 Å². The zero-order chi connectivity index (χ0) is 19.8. The Morgan fingerprint density at radius 1 is 0.862 bits per heavy atom. The molecule has 0 saturated heterocycles. The Balaban J connectivity index is 1.84. The second-order valence-electron chi connectivity index (χ2n) is 6.17. The van der Waals surface area contributed by atoms with Gasteiger partial charge in [0.05, 0.1) is 17.5 Å². The highest BCUT2D eigenvalue weighted by molar-refractivity contribution is 6.01. The van der Waals surface area contributed by atoms with Gasteiger partial charge in [-0.1, -0.05) is 30.3 Å². The normalized spacial score (nSPS) is 14.5. The molecular formula is C21H12N4O4. The monoisotopic (exact) mass is 384 g/mol. The number of carbonyl (C=O) groups is 2. The number of rotatable bonds is 2. The van der Waals surface area contributed by atoms with E-state index in [0.29, 0.717) is 22.4 Å². The molecule has 0 spiro atoms. The van der Waals surface area contributed by atoms with Crippen LogP contribution in [0.15, 0.2) is 73.3 Å². The van der Waals surface area contributed by atoms with Crippen LogP contribution in [0.4, 0.5) is 0 Å². The number of nitrogens with zero attached hydrogens (tertiary/aromatic N) is 4. The minimum Gasteiger partial charge on any atom is -0.420 e. The van der Waals surface area contributed by atoms with Gasteiger partial charge in [-0.25, -0.2) is 19.6 Å². The van der Waals surface area contributed by atoms with Crippen molar-refractivity contribution in [1.82, 2.24) is 19.5 Å². The molecule has 0 atom stereocenters. The molecule has 8 nitrogen and oxygen atoms in total. The van der Waals surface area contributed by atoms with Crippen molar-refractivity contribution in [1.29, 1.82) is 0 Å². The standard InChI is InChI=1S/C21H12N4O4/c26-16-8-9-17(27)29-21-18-14(23-20(24-21)13-4-2-1-3-5-13)6-7-15(19(18)28-16)25-11-10-22-12-25/h1-12H/b9-8-. The van der Waals surface area contributed by atoms with E-state index in [4.69, 9.17) is 9.47 Å². The molecule has 1 aliphatic heterocycles. The van der Waals surface area contributed by atoms with Crippen molar-refractivity contribution in [3.05, 3.63) is 73.3 Å². The van der Waals surface area contributed by atoms with Crippen LogP contribution in [0.25, 0.3) is 28.0 Å². The van der Waals surface area contributed by atoms with E-state index >= 15 is 0 Å². The molecule has 8 heteroatoms. The van der Waals surface area contributed by atoms with E-state index in [-0.39, 0.29) is 11.6 Å². The lowest BCUT2D eigenvalue weighted by atomic mass is 10.1. The van der Waals surface area contributed by atoms with Crippen molar-refractivity contribution < 1.29 is 19.1 Å². The molecule has 4 aromatic rings. The van der Waals surface area contributed by atoms with Crippen molar-refractivity contribution in [2.45, 2.75) is 0 Å². The van der Waals surface area contributed by atoms with Gasteiger partial charge in [0, 0.05) is 30.1 Å². The lowest BCUT2D eigenvalue weighted by molar-refractivity contribution is -0.131. The summed E-state index contributed by atoms with van der Waals surface area (Å²) < 4.78 is 12.7. The van der Waals surface area contributed by atoms with E-state index in [0.717, 1.165) is 17.7 Å². The zero-order valence-electron chi connectivity index (χ0n) is 14.9. The molecule has 2 aromatic heterocycles. The number of aromatic nitrogens is 4. The number of ether oxygens (including phenoxy) is 2. The maximum atomic E-state index is 12.2. The van der Waals surface area contributed by atoms with Gasteiger partial charge >= 0.3 is 11.9 Å². The summed E-state index contributed by atoms with van der Waals surface area (Å²) in [7, 11) is 0. The summed E-state index contributed by atoms with van der Waals surface area (Å²) in [6.07, 6.45) is 6.89. The molecule has 0 radical (unpaired) electrons. The molecule has 3 heterocycles. The van der Waals surface area contributed by atoms with Crippen LogP contribution in [0.3, 0.4) is 0 Å². The van der Waals surface area contributed by atoms with Gasteiger partial charge in [-0.05, 0) is 12.1 Å². The van der Waals surface area contributed by atoms with Crippen LogP contribution in [0.5, 0.6) is 11.6 Å². The van der Waals surface area contributed by atoms with Gasteiger partial charge in [0.15, 0.2) is 11.6 Å². The summed E-state index contributed by atoms with van der Waals surface area (Å²) in [6, 6.07) is 12.8. The summed E-state index contributed by atoms with van der Waals surface area (Å²) in [5, 5.41) is 0.321. The van der Waals surface area contributed by atoms with Crippen molar-refractivity contribution in [2.75, 3.05) is 0 Å². The zero-order valence-corrected chi connectivity index (χ0v) is 14.9. The Labute approximate surface area is 164 Å². The Kier molecular flexibility index (Phi) is 3.87. The SMILES string of the molecule is O=C1/C=C\C(=O)Oc2c(-n3ccnc3)ccc3nc(-c4ccccc4)nc(c23)O1. The van der Waals surface area contributed by atoms with E-state index in [1.165, 1.54) is 0 Å². The third-order valence-electron chi connectivity index (χ3n) is 4.33.